The molecule has 0 spiro atoms. The predicted molar refractivity (Wildman–Crippen MR) is 104 cm³/mol. The average molecular weight is 400 g/mol. The normalized spacial score (nSPS) is 21.2. The van der Waals surface area contributed by atoms with Gasteiger partial charge < -0.3 is 24.8 Å². The first-order valence-electron chi connectivity index (χ1n) is 9.32. The van der Waals surface area contributed by atoms with Crippen LogP contribution in [-0.2, 0) is 25.6 Å². The van der Waals surface area contributed by atoms with Gasteiger partial charge in [-0.25, -0.2) is 9.59 Å². The van der Waals surface area contributed by atoms with Crippen LogP contribution in [0.25, 0.3) is 5.57 Å². The van der Waals surface area contributed by atoms with Crippen LogP contribution in [-0.4, -0.2) is 53.8 Å². The third kappa shape index (κ3) is 3.88. The fraction of sp³-hybridized carbons (Fsp3) is 0.381. The molecule has 0 aliphatic carbocycles. The summed E-state index contributed by atoms with van der Waals surface area (Å²) in [6, 6.07) is 7.06. The second-order valence-corrected chi connectivity index (χ2v) is 7.00. The third-order valence-corrected chi connectivity index (χ3v) is 5.18. The quantitative estimate of drug-likeness (QED) is 0.409. The zero-order valence-corrected chi connectivity index (χ0v) is 16.4. The molecule has 0 saturated carbocycles. The lowest BCUT2D eigenvalue weighted by Crippen LogP contribution is -2.61. The molecule has 2 N–H and O–H groups in total. The fourth-order valence-corrected chi connectivity index (χ4v) is 3.79. The van der Waals surface area contributed by atoms with Crippen molar-refractivity contribution in [2.24, 2.45) is 5.92 Å². The number of carbonyl (C=O) groups excluding carboxylic acids is 3. The highest BCUT2D eigenvalue weighted by Gasteiger charge is 2.56. The highest BCUT2D eigenvalue weighted by atomic mass is 16.5. The summed E-state index contributed by atoms with van der Waals surface area (Å²) in [6.07, 6.45) is 0.608. The Morgan fingerprint density at radius 1 is 1.38 bits per heavy atom. The van der Waals surface area contributed by atoms with Crippen LogP contribution in [0.1, 0.15) is 24.5 Å². The van der Waals surface area contributed by atoms with Gasteiger partial charge in [0, 0.05) is 6.54 Å². The molecule has 1 aromatic rings. The van der Waals surface area contributed by atoms with Gasteiger partial charge in [-0.05, 0) is 30.0 Å². The zero-order valence-electron chi connectivity index (χ0n) is 16.4. The first kappa shape index (κ1) is 20.6. The van der Waals surface area contributed by atoms with E-state index < -0.39 is 24.1 Å². The highest BCUT2D eigenvalue weighted by Crippen LogP contribution is 2.47. The van der Waals surface area contributed by atoms with Crippen LogP contribution in [0.4, 0.5) is 4.79 Å². The van der Waals surface area contributed by atoms with Crippen molar-refractivity contribution in [3.63, 3.8) is 0 Å². The van der Waals surface area contributed by atoms with Crippen molar-refractivity contribution in [1.82, 2.24) is 10.2 Å². The summed E-state index contributed by atoms with van der Waals surface area (Å²) in [5.74, 6) is -1.39. The number of aliphatic hydroxyl groups excluding tert-OH is 1. The van der Waals surface area contributed by atoms with Gasteiger partial charge in [0.25, 0.3) is 0 Å². The lowest BCUT2D eigenvalue weighted by molar-refractivity contribution is -0.162. The van der Waals surface area contributed by atoms with Crippen molar-refractivity contribution in [3.8, 4) is 0 Å². The number of esters is 1. The summed E-state index contributed by atoms with van der Waals surface area (Å²) in [6.45, 7) is 5.46. The van der Waals surface area contributed by atoms with E-state index in [1.54, 1.807) is 6.92 Å². The summed E-state index contributed by atoms with van der Waals surface area (Å²) >= 11 is 0. The molecule has 3 rings (SSSR count). The smallest absolute Gasteiger partial charge is 0.407 e. The van der Waals surface area contributed by atoms with Crippen LogP contribution in [0.15, 0.2) is 42.6 Å². The summed E-state index contributed by atoms with van der Waals surface area (Å²) in [4.78, 5) is 37.8. The Morgan fingerprint density at radius 3 is 2.66 bits per heavy atom. The number of fused-ring (bicyclic) bond motifs is 1. The number of aliphatic hydroxyl groups is 1. The van der Waals surface area contributed by atoms with Gasteiger partial charge in [0.05, 0.1) is 25.2 Å². The molecular formula is C21H24N2O6. The minimum Gasteiger partial charge on any atom is -0.457 e. The standard InChI is InChI=1S/C21H24N2O6/c1-4-9-29-20(26)18-15(10-16-17(12(2)24)19(25)23(16)18)14-7-5-13(6-8-14)11-22-21(27)28-3/h4-8,12,16-17,24H,1,9-11H2,2-3H3,(H,22,27)/t12-,16-,17-/m1/s1. The second kappa shape index (κ2) is 8.48. The van der Waals surface area contributed by atoms with E-state index in [1.165, 1.54) is 18.1 Å². The molecule has 1 saturated heterocycles. The minimum atomic E-state index is -0.791. The van der Waals surface area contributed by atoms with Gasteiger partial charge in [-0.3, -0.25) is 4.79 Å². The number of benzene rings is 1. The van der Waals surface area contributed by atoms with Crippen LogP contribution in [0.2, 0.25) is 0 Å². The van der Waals surface area contributed by atoms with E-state index in [1.807, 2.05) is 24.3 Å². The van der Waals surface area contributed by atoms with Gasteiger partial charge in [0.2, 0.25) is 5.91 Å². The first-order valence-corrected chi connectivity index (χ1v) is 9.32. The van der Waals surface area contributed by atoms with E-state index in [2.05, 4.69) is 16.6 Å². The molecule has 8 nitrogen and oxygen atoms in total. The molecule has 154 valence electrons. The molecule has 0 aromatic heterocycles. The summed E-state index contributed by atoms with van der Waals surface area (Å²) < 4.78 is 9.74. The van der Waals surface area contributed by atoms with Gasteiger partial charge in [-0.1, -0.05) is 36.9 Å². The maximum absolute atomic E-state index is 12.6. The topological polar surface area (TPSA) is 105 Å². The van der Waals surface area contributed by atoms with Crippen molar-refractivity contribution in [3.05, 3.63) is 53.7 Å². The molecule has 2 heterocycles. The molecule has 0 radical (unpaired) electrons. The van der Waals surface area contributed by atoms with Crippen molar-refractivity contribution in [2.75, 3.05) is 13.7 Å². The molecule has 0 bridgehead atoms. The minimum absolute atomic E-state index is 0.0419. The second-order valence-electron chi connectivity index (χ2n) is 7.00. The molecule has 0 unspecified atom stereocenters. The highest BCUT2D eigenvalue weighted by molar-refractivity contribution is 6.06. The number of alkyl carbamates (subject to hydrolysis) is 1. The molecule has 2 aliphatic rings. The maximum Gasteiger partial charge on any atom is 0.407 e. The van der Waals surface area contributed by atoms with Crippen LogP contribution in [0.5, 0.6) is 0 Å². The number of ether oxygens (including phenoxy) is 2. The molecule has 2 amide bonds. The van der Waals surface area contributed by atoms with Crippen molar-refractivity contribution >= 4 is 23.5 Å². The van der Waals surface area contributed by atoms with Crippen molar-refractivity contribution < 1.29 is 29.0 Å². The third-order valence-electron chi connectivity index (χ3n) is 5.18. The number of hydrogen-bond acceptors (Lipinski definition) is 6. The number of rotatable bonds is 7. The summed E-state index contributed by atoms with van der Waals surface area (Å²) in [5.41, 5.74) is 2.56. The average Bonchev–Trinajstić information content (AvgIpc) is 3.05. The zero-order chi connectivity index (χ0) is 21.1. The van der Waals surface area contributed by atoms with Crippen molar-refractivity contribution in [1.29, 1.82) is 0 Å². The van der Waals surface area contributed by atoms with Gasteiger partial charge in [0.15, 0.2) is 0 Å². The molecule has 3 atom stereocenters. The van der Waals surface area contributed by atoms with E-state index in [4.69, 9.17) is 4.74 Å². The predicted octanol–water partition coefficient (Wildman–Crippen LogP) is 1.59. The summed E-state index contributed by atoms with van der Waals surface area (Å²) in [7, 11) is 1.30. The fourth-order valence-electron chi connectivity index (χ4n) is 3.79. The van der Waals surface area contributed by atoms with Crippen LogP contribution in [0.3, 0.4) is 0 Å². The molecule has 29 heavy (non-hydrogen) atoms. The molecule has 8 heteroatoms. The number of amides is 2. The lowest BCUT2D eigenvalue weighted by atomic mass is 9.82. The van der Waals surface area contributed by atoms with Gasteiger partial charge in [-0.15, -0.1) is 0 Å². The summed E-state index contributed by atoms with van der Waals surface area (Å²) in [5, 5.41) is 12.5. The number of carbonyl (C=O) groups is 3. The number of nitrogens with zero attached hydrogens (tertiary/aromatic N) is 1. The Morgan fingerprint density at radius 2 is 2.07 bits per heavy atom. The Labute approximate surface area is 168 Å². The van der Waals surface area contributed by atoms with Gasteiger partial charge >= 0.3 is 12.1 Å². The number of nitrogens with one attached hydrogen (secondary N) is 1. The van der Waals surface area contributed by atoms with Crippen LogP contribution < -0.4 is 5.32 Å². The van der Waals surface area contributed by atoms with Crippen LogP contribution in [0, 0.1) is 5.92 Å². The van der Waals surface area contributed by atoms with Crippen LogP contribution >= 0.6 is 0 Å². The van der Waals surface area contributed by atoms with Crippen molar-refractivity contribution in [2.45, 2.75) is 32.0 Å². The first-order chi connectivity index (χ1) is 13.9. The molecular weight excluding hydrogens is 376 g/mol. The molecule has 2 aliphatic heterocycles. The number of hydrogen-bond donors (Lipinski definition) is 2. The Balaban J connectivity index is 1.87. The monoisotopic (exact) mass is 400 g/mol. The van der Waals surface area contributed by atoms with E-state index in [-0.39, 0.29) is 24.3 Å². The Bertz CT molecular complexity index is 858. The Kier molecular flexibility index (Phi) is 6.03. The number of β-lactam (4-membered cyclic amide) rings is 1. The largest absolute Gasteiger partial charge is 0.457 e. The van der Waals surface area contributed by atoms with Gasteiger partial charge in [-0.2, -0.15) is 0 Å². The van der Waals surface area contributed by atoms with E-state index in [0.29, 0.717) is 18.5 Å². The molecule has 1 fully saturated rings. The van der Waals surface area contributed by atoms with E-state index in [0.717, 1.165) is 11.1 Å². The SMILES string of the molecule is C=CCOC(=O)C1=C(c2ccc(CNC(=O)OC)cc2)C[C@@H]2[C@@H]([C@@H](C)O)C(=O)N12. The van der Waals surface area contributed by atoms with E-state index >= 15 is 0 Å². The Hall–Kier alpha value is -3.13. The molecule has 1 aromatic carbocycles. The maximum atomic E-state index is 12.6. The lowest BCUT2D eigenvalue weighted by Gasteiger charge is -2.44. The number of methoxy groups -OCH3 is 1. The van der Waals surface area contributed by atoms with E-state index in [9.17, 15) is 19.5 Å². The van der Waals surface area contributed by atoms with Gasteiger partial charge in [0.1, 0.15) is 12.3 Å².